The second-order valence-corrected chi connectivity index (χ2v) is 8.54. The van der Waals surface area contributed by atoms with E-state index in [9.17, 15) is 9.59 Å². The van der Waals surface area contributed by atoms with E-state index in [1.54, 1.807) is 18.3 Å². The van der Waals surface area contributed by atoms with Crippen LogP contribution in [0.5, 0.6) is 0 Å². The smallest absolute Gasteiger partial charge is 0.257 e. The van der Waals surface area contributed by atoms with Crippen LogP contribution in [0, 0.1) is 5.41 Å². The zero-order valence-corrected chi connectivity index (χ0v) is 15.1. The Hall–Kier alpha value is -2.28. The van der Waals surface area contributed by atoms with Crippen LogP contribution >= 0.6 is 11.3 Å². The molecular weight excluding hydrogens is 336 g/mol. The standard InChI is InChI=1S/C18H20N4O2S/c1-18(2)8-12-15(13(23)9-18)25-17(21-12)22-16(24)10-5-6-19-14(7-10)20-11-3-4-11/h5-7,11H,3-4,8-9H2,1-2H3,(H,19,20)(H,21,22,24). The average molecular weight is 356 g/mol. The van der Waals surface area contributed by atoms with Crippen molar-refractivity contribution in [2.24, 2.45) is 5.41 Å². The molecule has 2 aliphatic rings. The van der Waals surface area contributed by atoms with Crippen molar-refractivity contribution in [1.82, 2.24) is 9.97 Å². The Balaban J connectivity index is 1.51. The Bertz CT molecular complexity index is 855. The minimum atomic E-state index is -0.237. The van der Waals surface area contributed by atoms with Gasteiger partial charge in [0.05, 0.1) is 10.6 Å². The molecule has 25 heavy (non-hydrogen) atoms. The van der Waals surface area contributed by atoms with Crippen LogP contribution in [-0.4, -0.2) is 27.7 Å². The van der Waals surface area contributed by atoms with E-state index >= 15 is 0 Å². The zero-order valence-electron chi connectivity index (χ0n) is 14.3. The molecule has 0 bridgehead atoms. The summed E-state index contributed by atoms with van der Waals surface area (Å²) in [6, 6.07) is 3.90. The molecule has 2 aromatic heterocycles. The molecule has 1 fully saturated rings. The van der Waals surface area contributed by atoms with E-state index in [2.05, 4.69) is 34.4 Å². The maximum absolute atomic E-state index is 12.5. The van der Waals surface area contributed by atoms with Gasteiger partial charge in [0.25, 0.3) is 5.91 Å². The van der Waals surface area contributed by atoms with Crippen molar-refractivity contribution >= 4 is 34.0 Å². The zero-order chi connectivity index (χ0) is 17.6. The maximum Gasteiger partial charge on any atom is 0.257 e. The van der Waals surface area contributed by atoms with Crippen LogP contribution in [0.1, 0.15) is 58.8 Å². The van der Waals surface area contributed by atoms with Crippen molar-refractivity contribution in [1.29, 1.82) is 0 Å². The molecule has 2 heterocycles. The highest BCUT2D eigenvalue weighted by Gasteiger charge is 2.34. The Labute approximate surface area is 150 Å². The molecule has 0 atom stereocenters. The highest BCUT2D eigenvalue weighted by molar-refractivity contribution is 7.17. The van der Waals surface area contributed by atoms with Crippen molar-refractivity contribution < 1.29 is 9.59 Å². The molecule has 4 rings (SSSR count). The molecule has 2 N–H and O–H groups in total. The van der Waals surface area contributed by atoms with Crippen molar-refractivity contribution in [2.45, 2.75) is 45.6 Å². The van der Waals surface area contributed by atoms with Crippen LogP contribution < -0.4 is 10.6 Å². The molecule has 0 saturated heterocycles. The van der Waals surface area contributed by atoms with Gasteiger partial charge in [-0.3, -0.25) is 14.9 Å². The van der Waals surface area contributed by atoms with Gasteiger partial charge in [0.2, 0.25) is 0 Å². The number of Topliss-reactive ketones (excluding diaryl/α,β-unsaturated/α-hetero) is 1. The fourth-order valence-electron chi connectivity index (χ4n) is 3.03. The number of pyridine rings is 1. The Morgan fingerprint density at radius 1 is 1.32 bits per heavy atom. The maximum atomic E-state index is 12.5. The molecule has 2 aromatic rings. The second kappa shape index (κ2) is 5.91. The summed E-state index contributed by atoms with van der Waals surface area (Å²) in [5.74, 6) is 0.591. The van der Waals surface area contributed by atoms with E-state index in [1.807, 2.05) is 0 Å². The molecule has 0 unspecified atom stereocenters. The molecule has 1 saturated carbocycles. The number of anilines is 2. The van der Waals surface area contributed by atoms with Gasteiger partial charge in [0.1, 0.15) is 5.82 Å². The molecule has 0 spiro atoms. The van der Waals surface area contributed by atoms with Gasteiger partial charge in [-0.15, -0.1) is 0 Å². The summed E-state index contributed by atoms with van der Waals surface area (Å²) < 4.78 is 0. The normalized spacial score (nSPS) is 18.6. The van der Waals surface area contributed by atoms with E-state index in [1.165, 1.54) is 11.3 Å². The topological polar surface area (TPSA) is 84.0 Å². The first-order valence-electron chi connectivity index (χ1n) is 8.46. The van der Waals surface area contributed by atoms with Crippen LogP contribution in [0.3, 0.4) is 0 Å². The number of hydrogen-bond donors (Lipinski definition) is 2. The number of fused-ring (bicyclic) bond motifs is 1. The van der Waals surface area contributed by atoms with E-state index < -0.39 is 0 Å². The number of hydrogen-bond acceptors (Lipinski definition) is 6. The number of amides is 1. The van der Waals surface area contributed by atoms with E-state index in [0.717, 1.165) is 25.0 Å². The third-order valence-electron chi connectivity index (χ3n) is 4.41. The molecule has 0 radical (unpaired) electrons. The summed E-state index contributed by atoms with van der Waals surface area (Å²) in [6.07, 6.45) is 5.19. The minimum absolute atomic E-state index is 0.0755. The monoisotopic (exact) mass is 356 g/mol. The number of aromatic nitrogens is 2. The Morgan fingerprint density at radius 2 is 2.12 bits per heavy atom. The van der Waals surface area contributed by atoms with E-state index in [-0.39, 0.29) is 17.1 Å². The Morgan fingerprint density at radius 3 is 2.88 bits per heavy atom. The van der Waals surface area contributed by atoms with Crippen LogP contribution in [0.2, 0.25) is 0 Å². The summed E-state index contributed by atoms with van der Waals surface area (Å²) in [4.78, 5) is 34.2. The predicted octanol–water partition coefficient (Wildman–Crippen LogP) is 3.52. The fourth-order valence-corrected chi connectivity index (χ4v) is 3.94. The number of thiazole rings is 1. The average Bonchev–Trinajstić information content (AvgIpc) is 3.25. The van der Waals surface area contributed by atoms with Gasteiger partial charge in [-0.25, -0.2) is 9.97 Å². The number of ketones is 1. The molecule has 0 aromatic carbocycles. The Kier molecular flexibility index (Phi) is 3.83. The van der Waals surface area contributed by atoms with Gasteiger partial charge in [0.15, 0.2) is 10.9 Å². The molecule has 6 nitrogen and oxygen atoms in total. The molecule has 7 heteroatoms. The third kappa shape index (κ3) is 3.56. The van der Waals surface area contributed by atoms with Crippen molar-refractivity contribution in [3.05, 3.63) is 34.5 Å². The first-order chi connectivity index (χ1) is 11.9. The van der Waals surface area contributed by atoms with Crippen LogP contribution in [0.15, 0.2) is 18.3 Å². The van der Waals surface area contributed by atoms with E-state index in [0.29, 0.717) is 33.9 Å². The summed E-state index contributed by atoms with van der Waals surface area (Å²) in [5, 5.41) is 6.58. The summed E-state index contributed by atoms with van der Waals surface area (Å²) >= 11 is 1.27. The number of carbonyl (C=O) groups is 2. The predicted molar refractivity (Wildman–Crippen MR) is 97.4 cm³/mol. The van der Waals surface area contributed by atoms with Gasteiger partial charge >= 0.3 is 0 Å². The quantitative estimate of drug-likeness (QED) is 0.876. The number of carbonyl (C=O) groups excluding carboxylic acids is 2. The number of rotatable bonds is 4. The van der Waals surface area contributed by atoms with Gasteiger partial charge in [-0.05, 0) is 36.8 Å². The van der Waals surface area contributed by atoms with Crippen molar-refractivity contribution in [3.8, 4) is 0 Å². The third-order valence-corrected chi connectivity index (χ3v) is 5.46. The van der Waals surface area contributed by atoms with Crippen LogP contribution in [0.4, 0.5) is 10.9 Å². The van der Waals surface area contributed by atoms with Gasteiger partial charge in [-0.1, -0.05) is 25.2 Å². The second-order valence-electron chi connectivity index (χ2n) is 7.54. The lowest BCUT2D eigenvalue weighted by atomic mass is 9.78. The summed E-state index contributed by atoms with van der Waals surface area (Å²) in [6.45, 7) is 4.13. The van der Waals surface area contributed by atoms with Crippen LogP contribution in [0.25, 0.3) is 0 Å². The number of nitrogens with one attached hydrogen (secondary N) is 2. The SMILES string of the molecule is CC1(C)CC(=O)c2sc(NC(=O)c3ccnc(NC4CC4)c3)nc2C1. The molecule has 130 valence electrons. The van der Waals surface area contributed by atoms with Gasteiger partial charge < -0.3 is 5.32 Å². The molecular formula is C18H20N4O2S. The molecule has 2 aliphatic carbocycles. The molecule has 0 aliphatic heterocycles. The van der Waals surface area contributed by atoms with Gasteiger partial charge in [-0.2, -0.15) is 0 Å². The first-order valence-corrected chi connectivity index (χ1v) is 9.28. The summed E-state index contributed by atoms with van der Waals surface area (Å²) in [7, 11) is 0. The summed E-state index contributed by atoms with van der Waals surface area (Å²) in [5.41, 5.74) is 1.25. The fraction of sp³-hybridized carbons (Fsp3) is 0.444. The lowest BCUT2D eigenvalue weighted by Crippen LogP contribution is -2.26. The first kappa shape index (κ1) is 16.2. The van der Waals surface area contributed by atoms with Crippen molar-refractivity contribution in [3.63, 3.8) is 0 Å². The van der Waals surface area contributed by atoms with E-state index in [4.69, 9.17) is 0 Å². The highest BCUT2D eigenvalue weighted by atomic mass is 32.1. The number of nitrogens with zero attached hydrogens (tertiary/aromatic N) is 2. The molecule has 1 amide bonds. The lowest BCUT2D eigenvalue weighted by molar-refractivity contribution is 0.0915. The lowest BCUT2D eigenvalue weighted by Gasteiger charge is -2.26. The highest BCUT2D eigenvalue weighted by Crippen LogP contribution is 2.38. The van der Waals surface area contributed by atoms with Gasteiger partial charge in [0, 0.05) is 24.2 Å². The van der Waals surface area contributed by atoms with Crippen LogP contribution in [-0.2, 0) is 6.42 Å². The van der Waals surface area contributed by atoms with Crippen molar-refractivity contribution in [2.75, 3.05) is 10.6 Å². The minimum Gasteiger partial charge on any atom is -0.367 e. The largest absolute Gasteiger partial charge is 0.367 e.